The molecule has 0 saturated heterocycles. The minimum absolute atomic E-state index is 0.272. The summed E-state index contributed by atoms with van der Waals surface area (Å²) in [5.74, 6) is 1.00. The van der Waals surface area contributed by atoms with E-state index in [0.717, 1.165) is 16.6 Å². The molecule has 1 aromatic heterocycles. The molecule has 2 heterocycles. The fourth-order valence-electron chi connectivity index (χ4n) is 2.45. The van der Waals surface area contributed by atoms with E-state index in [-0.39, 0.29) is 6.04 Å². The van der Waals surface area contributed by atoms with Crippen LogP contribution in [0.1, 0.15) is 11.6 Å². The van der Waals surface area contributed by atoms with Crippen molar-refractivity contribution in [1.29, 1.82) is 0 Å². The summed E-state index contributed by atoms with van der Waals surface area (Å²) in [4.78, 5) is 0. The Hall–Kier alpha value is -2.14. The molecule has 1 unspecified atom stereocenters. The van der Waals surface area contributed by atoms with Crippen LogP contribution < -0.4 is 4.68 Å². The van der Waals surface area contributed by atoms with Gasteiger partial charge in [0, 0.05) is 5.75 Å². The van der Waals surface area contributed by atoms with E-state index in [0.29, 0.717) is 0 Å². The van der Waals surface area contributed by atoms with Crippen LogP contribution in [-0.2, 0) is 0 Å². The van der Waals surface area contributed by atoms with Gasteiger partial charge in [0.25, 0.3) is 0 Å². The summed E-state index contributed by atoms with van der Waals surface area (Å²) < 4.78 is 3.93. The summed E-state index contributed by atoms with van der Waals surface area (Å²) >= 11 is 1.80. The van der Waals surface area contributed by atoms with Gasteiger partial charge in [-0.2, -0.15) is 0 Å². The Bertz CT molecular complexity index is 724. The highest BCUT2D eigenvalue weighted by Gasteiger charge is 2.36. The molecule has 0 aliphatic carbocycles. The second-order valence-corrected chi connectivity index (χ2v) is 5.68. The van der Waals surface area contributed by atoms with Gasteiger partial charge >= 0.3 is 5.16 Å². The Labute approximate surface area is 121 Å². The zero-order valence-corrected chi connectivity index (χ0v) is 11.6. The number of aromatic nitrogens is 4. The van der Waals surface area contributed by atoms with Crippen LogP contribution in [0.15, 0.2) is 65.8 Å². The maximum Gasteiger partial charge on any atom is 0.323 e. The minimum Gasteiger partial charge on any atom is -0.119 e. The first-order valence-corrected chi connectivity index (χ1v) is 7.53. The number of hydrogen-bond donors (Lipinski definition) is 0. The van der Waals surface area contributed by atoms with Crippen LogP contribution in [0, 0.1) is 0 Å². The van der Waals surface area contributed by atoms with E-state index in [1.807, 2.05) is 45.8 Å². The van der Waals surface area contributed by atoms with Crippen molar-refractivity contribution < 1.29 is 4.68 Å². The second kappa shape index (κ2) is 4.76. The molecule has 1 aliphatic heterocycles. The van der Waals surface area contributed by atoms with Crippen LogP contribution in [0.25, 0.3) is 5.69 Å². The fourth-order valence-corrected chi connectivity index (χ4v) is 3.65. The third-order valence-corrected chi connectivity index (χ3v) is 4.55. The van der Waals surface area contributed by atoms with E-state index in [9.17, 15) is 0 Å². The Kier molecular flexibility index (Phi) is 2.77. The standard InChI is InChI=1S/C15H13N4S/c1-3-7-12(8-4-1)14-11-20-15-18(16-17-19(14)15)13-9-5-2-6-10-13/h1-10,14H,11H2/q+1. The van der Waals surface area contributed by atoms with Gasteiger partial charge in [0.05, 0.1) is 0 Å². The number of tetrazole rings is 1. The van der Waals surface area contributed by atoms with E-state index in [1.165, 1.54) is 5.56 Å². The lowest BCUT2D eigenvalue weighted by Gasteiger charge is -2.04. The van der Waals surface area contributed by atoms with Gasteiger partial charge < -0.3 is 0 Å². The van der Waals surface area contributed by atoms with E-state index < -0.39 is 0 Å². The molecule has 0 bridgehead atoms. The van der Waals surface area contributed by atoms with Crippen LogP contribution in [-0.4, -0.2) is 20.9 Å². The molecule has 98 valence electrons. The average Bonchev–Trinajstić information content (AvgIpc) is 3.10. The van der Waals surface area contributed by atoms with Gasteiger partial charge in [-0.15, -0.1) is 4.68 Å². The maximum absolute atomic E-state index is 4.34. The van der Waals surface area contributed by atoms with Crippen molar-refractivity contribution in [1.82, 2.24) is 15.1 Å². The molecule has 5 heteroatoms. The van der Waals surface area contributed by atoms with Crippen LogP contribution in [0.3, 0.4) is 0 Å². The van der Waals surface area contributed by atoms with Crippen molar-refractivity contribution in [3.63, 3.8) is 0 Å². The minimum atomic E-state index is 0.272. The fraction of sp³-hybridized carbons (Fsp3) is 0.133. The van der Waals surface area contributed by atoms with Crippen molar-refractivity contribution in [3.8, 4) is 5.69 Å². The highest BCUT2D eigenvalue weighted by Crippen LogP contribution is 2.30. The number of hydrogen-bond acceptors (Lipinski definition) is 3. The van der Waals surface area contributed by atoms with Gasteiger partial charge in [-0.1, -0.05) is 48.5 Å². The lowest BCUT2D eigenvalue weighted by Crippen LogP contribution is -2.41. The van der Waals surface area contributed by atoms with E-state index in [1.54, 1.807) is 11.8 Å². The lowest BCUT2D eigenvalue weighted by molar-refractivity contribution is -0.794. The number of fused-ring (bicyclic) bond motifs is 1. The summed E-state index contributed by atoms with van der Waals surface area (Å²) in [6.07, 6.45) is 0. The zero-order valence-electron chi connectivity index (χ0n) is 10.8. The lowest BCUT2D eigenvalue weighted by atomic mass is 10.1. The smallest absolute Gasteiger partial charge is 0.119 e. The molecule has 4 rings (SSSR count). The second-order valence-electron chi connectivity index (χ2n) is 4.69. The Morgan fingerprint density at radius 3 is 2.45 bits per heavy atom. The summed E-state index contributed by atoms with van der Waals surface area (Å²) in [6, 6.07) is 20.9. The molecule has 1 atom stereocenters. The highest BCUT2D eigenvalue weighted by molar-refractivity contribution is 7.99. The molecule has 0 N–H and O–H groups in total. The summed E-state index contributed by atoms with van der Waals surface area (Å²) in [5.41, 5.74) is 2.33. The molecule has 2 aromatic carbocycles. The predicted molar refractivity (Wildman–Crippen MR) is 76.9 cm³/mol. The Balaban J connectivity index is 1.77. The number of thioether (sulfide) groups is 1. The first kappa shape index (κ1) is 11.7. The van der Waals surface area contributed by atoms with Gasteiger partial charge in [0.15, 0.2) is 5.21 Å². The van der Waals surface area contributed by atoms with Crippen molar-refractivity contribution in [2.75, 3.05) is 5.75 Å². The van der Waals surface area contributed by atoms with Crippen LogP contribution in [0.2, 0.25) is 0 Å². The Morgan fingerprint density at radius 2 is 1.70 bits per heavy atom. The molecule has 20 heavy (non-hydrogen) atoms. The molecular weight excluding hydrogens is 268 g/mol. The third kappa shape index (κ3) is 1.82. The van der Waals surface area contributed by atoms with Crippen molar-refractivity contribution >= 4 is 11.8 Å². The van der Waals surface area contributed by atoms with Crippen molar-refractivity contribution in [2.45, 2.75) is 11.2 Å². The van der Waals surface area contributed by atoms with Crippen LogP contribution in [0.5, 0.6) is 0 Å². The molecule has 0 saturated carbocycles. The quantitative estimate of drug-likeness (QED) is 0.676. The van der Waals surface area contributed by atoms with Gasteiger partial charge in [-0.3, -0.25) is 0 Å². The van der Waals surface area contributed by atoms with E-state index in [4.69, 9.17) is 0 Å². The third-order valence-electron chi connectivity index (χ3n) is 3.45. The normalized spacial score (nSPS) is 17.1. The van der Waals surface area contributed by atoms with Crippen LogP contribution >= 0.6 is 11.8 Å². The SMILES string of the molecule is c1ccc(C2CSc3n(-c4ccccc4)nn[n+]32)cc1. The molecule has 0 spiro atoms. The maximum atomic E-state index is 4.34. The van der Waals surface area contributed by atoms with Crippen molar-refractivity contribution in [2.24, 2.45) is 0 Å². The number of nitrogens with zero attached hydrogens (tertiary/aromatic N) is 4. The van der Waals surface area contributed by atoms with Gasteiger partial charge in [-0.25, -0.2) is 0 Å². The molecule has 1 aliphatic rings. The van der Waals surface area contributed by atoms with Crippen molar-refractivity contribution in [3.05, 3.63) is 66.2 Å². The first-order chi connectivity index (χ1) is 9.93. The van der Waals surface area contributed by atoms with E-state index >= 15 is 0 Å². The average molecular weight is 281 g/mol. The Morgan fingerprint density at radius 1 is 1.00 bits per heavy atom. The molecular formula is C15H13N4S+. The number of benzene rings is 2. The first-order valence-electron chi connectivity index (χ1n) is 6.54. The van der Waals surface area contributed by atoms with E-state index in [2.05, 4.69) is 34.7 Å². The predicted octanol–water partition coefficient (Wildman–Crippen LogP) is 2.25. The highest BCUT2D eigenvalue weighted by atomic mass is 32.2. The topological polar surface area (TPSA) is 34.6 Å². The van der Waals surface area contributed by atoms with Gasteiger partial charge in [0.1, 0.15) is 16.9 Å². The molecule has 0 radical (unpaired) electrons. The van der Waals surface area contributed by atoms with Gasteiger partial charge in [-0.05, 0) is 34.1 Å². The molecule has 0 fully saturated rings. The van der Waals surface area contributed by atoms with Crippen LogP contribution in [0.4, 0.5) is 0 Å². The number of rotatable bonds is 2. The molecule has 4 nitrogen and oxygen atoms in total. The summed E-state index contributed by atoms with van der Waals surface area (Å²) in [7, 11) is 0. The molecule has 3 aromatic rings. The zero-order chi connectivity index (χ0) is 13.4. The largest absolute Gasteiger partial charge is 0.323 e. The monoisotopic (exact) mass is 281 g/mol. The van der Waals surface area contributed by atoms with Gasteiger partial charge in [0.2, 0.25) is 0 Å². The summed E-state index contributed by atoms with van der Waals surface area (Å²) in [6.45, 7) is 0. The molecule has 0 amide bonds. The summed E-state index contributed by atoms with van der Waals surface area (Å²) in [5, 5.41) is 9.72. The number of para-hydroxylation sites is 1.